The summed E-state index contributed by atoms with van der Waals surface area (Å²) >= 11 is 0. The monoisotopic (exact) mass is 284 g/mol. The van der Waals surface area contributed by atoms with Crippen molar-refractivity contribution in [1.29, 1.82) is 0 Å². The predicted octanol–water partition coefficient (Wildman–Crippen LogP) is 2.15. The van der Waals surface area contributed by atoms with Crippen molar-refractivity contribution >= 4 is 11.6 Å². The Hall–Kier alpha value is -2.30. The molecule has 0 unspecified atom stereocenters. The Balaban J connectivity index is 1.59. The fraction of sp³-hybridized carbons (Fsp3) is 0.375. The molecule has 1 aromatic carbocycles. The number of H-pyrrole nitrogens is 1. The molecule has 2 aromatic rings. The number of anilines is 1. The first-order valence-corrected chi connectivity index (χ1v) is 7.32. The zero-order valence-electron chi connectivity index (χ0n) is 12.2. The number of carbonyl (C=O) groups is 1. The summed E-state index contributed by atoms with van der Waals surface area (Å²) in [6, 6.07) is 12.6. The van der Waals surface area contributed by atoms with Gasteiger partial charge in [-0.15, -0.1) is 0 Å². The fourth-order valence-corrected chi connectivity index (χ4v) is 2.88. The molecular formula is C16H20N4O. The molecule has 1 aliphatic rings. The molecule has 1 saturated heterocycles. The zero-order chi connectivity index (χ0) is 14.7. The number of amides is 1. The summed E-state index contributed by atoms with van der Waals surface area (Å²) in [5, 5.41) is 6.58. The maximum absolute atomic E-state index is 12.2. The number of hydrogen-bond acceptors (Lipinski definition) is 3. The molecule has 5 nitrogen and oxygen atoms in total. The van der Waals surface area contributed by atoms with Crippen LogP contribution in [0.3, 0.4) is 0 Å². The van der Waals surface area contributed by atoms with E-state index in [9.17, 15) is 4.79 Å². The Kier molecular flexibility index (Phi) is 3.90. The van der Waals surface area contributed by atoms with Crippen LogP contribution in [0.25, 0.3) is 0 Å². The van der Waals surface area contributed by atoms with Crippen molar-refractivity contribution in [2.45, 2.75) is 18.9 Å². The Morgan fingerprint density at radius 3 is 2.57 bits per heavy atom. The Bertz CT molecular complexity index is 574. The standard InChI is InChI=1S/C16H20N4O/c1-19(13-5-3-2-4-6-13)14-8-11-20(12-9-14)16(21)15-7-10-17-18-15/h2-7,10,14H,8-9,11-12H2,1H3,(H,17,18). The van der Waals surface area contributed by atoms with Gasteiger partial charge in [0.25, 0.3) is 5.91 Å². The lowest BCUT2D eigenvalue weighted by molar-refractivity contribution is 0.0707. The molecule has 1 aliphatic heterocycles. The van der Waals surface area contributed by atoms with E-state index in [4.69, 9.17) is 0 Å². The average molecular weight is 284 g/mol. The molecule has 1 fully saturated rings. The number of aromatic nitrogens is 2. The van der Waals surface area contributed by atoms with E-state index in [2.05, 4.69) is 46.4 Å². The molecule has 0 saturated carbocycles. The van der Waals surface area contributed by atoms with Gasteiger partial charge in [0.2, 0.25) is 0 Å². The molecule has 3 rings (SSSR count). The van der Waals surface area contributed by atoms with Crippen molar-refractivity contribution in [2.24, 2.45) is 0 Å². The van der Waals surface area contributed by atoms with Gasteiger partial charge < -0.3 is 9.80 Å². The van der Waals surface area contributed by atoms with Crippen molar-refractivity contribution in [3.8, 4) is 0 Å². The van der Waals surface area contributed by atoms with E-state index < -0.39 is 0 Å². The molecule has 0 radical (unpaired) electrons. The summed E-state index contributed by atoms with van der Waals surface area (Å²) < 4.78 is 0. The highest BCUT2D eigenvalue weighted by molar-refractivity contribution is 5.92. The van der Waals surface area contributed by atoms with Gasteiger partial charge in [-0.2, -0.15) is 5.10 Å². The molecule has 1 N–H and O–H groups in total. The van der Waals surface area contributed by atoms with Crippen molar-refractivity contribution in [3.63, 3.8) is 0 Å². The number of aromatic amines is 1. The second-order valence-electron chi connectivity index (χ2n) is 5.44. The van der Waals surface area contributed by atoms with E-state index in [-0.39, 0.29) is 5.91 Å². The third kappa shape index (κ3) is 2.91. The quantitative estimate of drug-likeness (QED) is 0.939. The van der Waals surface area contributed by atoms with Crippen molar-refractivity contribution in [1.82, 2.24) is 15.1 Å². The lowest BCUT2D eigenvalue weighted by Crippen LogP contribution is -2.45. The maximum Gasteiger partial charge on any atom is 0.271 e. The van der Waals surface area contributed by atoms with Crippen molar-refractivity contribution in [2.75, 3.05) is 25.0 Å². The molecule has 0 atom stereocenters. The largest absolute Gasteiger partial charge is 0.371 e. The van der Waals surface area contributed by atoms with Gasteiger partial charge in [-0.3, -0.25) is 9.89 Å². The number of nitrogens with zero attached hydrogens (tertiary/aromatic N) is 3. The lowest BCUT2D eigenvalue weighted by atomic mass is 10.0. The smallest absolute Gasteiger partial charge is 0.271 e. The Morgan fingerprint density at radius 1 is 1.24 bits per heavy atom. The van der Waals surface area contributed by atoms with Crippen LogP contribution in [0.4, 0.5) is 5.69 Å². The molecule has 110 valence electrons. The number of hydrogen-bond donors (Lipinski definition) is 1. The predicted molar refractivity (Wildman–Crippen MR) is 82.4 cm³/mol. The molecule has 1 aromatic heterocycles. The summed E-state index contributed by atoms with van der Waals surface area (Å²) in [7, 11) is 2.13. The minimum Gasteiger partial charge on any atom is -0.371 e. The summed E-state index contributed by atoms with van der Waals surface area (Å²) in [6.07, 6.45) is 3.60. The molecule has 21 heavy (non-hydrogen) atoms. The van der Waals surface area contributed by atoms with Gasteiger partial charge >= 0.3 is 0 Å². The normalized spacial score (nSPS) is 16.0. The average Bonchev–Trinajstić information content (AvgIpc) is 3.09. The Labute approximate surface area is 124 Å². The van der Waals surface area contributed by atoms with E-state index in [1.165, 1.54) is 5.69 Å². The third-order valence-corrected chi connectivity index (χ3v) is 4.19. The summed E-state index contributed by atoms with van der Waals surface area (Å²) in [4.78, 5) is 16.5. The highest BCUT2D eigenvalue weighted by Crippen LogP contribution is 2.22. The van der Waals surface area contributed by atoms with Gasteiger partial charge in [0, 0.05) is 38.1 Å². The van der Waals surface area contributed by atoms with Crippen LogP contribution in [0.5, 0.6) is 0 Å². The molecule has 1 amide bonds. The van der Waals surface area contributed by atoms with Gasteiger partial charge in [-0.25, -0.2) is 0 Å². The zero-order valence-corrected chi connectivity index (χ0v) is 12.2. The van der Waals surface area contributed by atoms with E-state index in [1.807, 2.05) is 11.0 Å². The maximum atomic E-state index is 12.2. The third-order valence-electron chi connectivity index (χ3n) is 4.19. The molecule has 0 spiro atoms. The van der Waals surface area contributed by atoms with Crippen molar-refractivity contribution < 1.29 is 4.79 Å². The highest BCUT2D eigenvalue weighted by Gasteiger charge is 2.26. The minimum atomic E-state index is 0.0494. The minimum absolute atomic E-state index is 0.0494. The summed E-state index contributed by atoms with van der Waals surface area (Å²) in [5.41, 5.74) is 1.81. The number of piperidine rings is 1. The second kappa shape index (κ2) is 5.99. The molecule has 5 heteroatoms. The fourth-order valence-electron chi connectivity index (χ4n) is 2.88. The molecule has 0 aliphatic carbocycles. The summed E-state index contributed by atoms with van der Waals surface area (Å²) in [6.45, 7) is 1.58. The SMILES string of the molecule is CN(c1ccccc1)C1CCN(C(=O)c2ccn[nH]2)CC1. The summed E-state index contributed by atoms with van der Waals surface area (Å²) in [5.74, 6) is 0.0494. The first-order valence-electron chi connectivity index (χ1n) is 7.32. The number of rotatable bonds is 3. The molecular weight excluding hydrogens is 264 g/mol. The van der Waals surface area contributed by atoms with Crippen LogP contribution in [-0.2, 0) is 0 Å². The number of nitrogens with one attached hydrogen (secondary N) is 1. The van der Waals surface area contributed by atoms with Crippen LogP contribution in [0, 0.1) is 0 Å². The van der Waals surface area contributed by atoms with Crippen LogP contribution in [0.2, 0.25) is 0 Å². The number of carbonyl (C=O) groups excluding carboxylic acids is 1. The topological polar surface area (TPSA) is 52.2 Å². The van der Waals surface area contributed by atoms with Crippen LogP contribution in [0.15, 0.2) is 42.6 Å². The van der Waals surface area contributed by atoms with Gasteiger partial charge in [-0.05, 0) is 31.0 Å². The van der Waals surface area contributed by atoms with Crippen LogP contribution < -0.4 is 4.90 Å². The van der Waals surface area contributed by atoms with E-state index in [0.717, 1.165) is 25.9 Å². The number of likely N-dealkylation sites (tertiary alicyclic amines) is 1. The van der Waals surface area contributed by atoms with Crippen LogP contribution >= 0.6 is 0 Å². The van der Waals surface area contributed by atoms with E-state index in [0.29, 0.717) is 11.7 Å². The van der Waals surface area contributed by atoms with E-state index >= 15 is 0 Å². The van der Waals surface area contributed by atoms with E-state index in [1.54, 1.807) is 12.3 Å². The Morgan fingerprint density at radius 2 is 1.95 bits per heavy atom. The molecule has 0 bridgehead atoms. The van der Waals surface area contributed by atoms with Crippen molar-refractivity contribution in [3.05, 3.63) is 48.3 Å². The van der Waals surface area contributed by atoms with Crippen LogP contribution in [-0.4, -0.2) is 47.2 Å². The first kappa shape index (κ1) is 13.7. The lowest BCUT2D eigenvalue weighted by Gasteiger charge is -2.37. The second-order valence-corrected chi connectivity index (χ2v) is 5.44. The highest BCUT2D eigenvalue weighted by atomic mass is 16.2. The first-order chi connectivity index (χ1) is 10.3. The van der Waals surface area contributed by atoms with Gasteiger partial charge in [-0.1, -0.05) is 18.2 Å². The number of benzene rings is 1. The van der Waals surface area contributed by atoms with Gasteiger partial charge in [0.15, 0.2) is 0 Å². The molecule has 2 heterocycles. The number of para-hydroxylation sites is 1. The van der Waals surface area contributed by atoms with Gasteiger partial charge in [0.05, 0.1) is 0 Å². The van der Waals surface area contributed by atoms with Gasteiger partial charge in [0.1, 0.15) is 5.69 Å². The van der Waals surface area contributed by atoms with Crippen LogP contribution in [0.1, 0.15) is 23.3 Å².